The number of amides is 1. The van der Waals surface area contributed by atoms with Crippen LogP contribution in [0, 0.1) is 5.82 Å². The average molecular weight is 303 g/mol. The summed E-state index contributed by atoms with van der Waals surface area (Å²) in [5, 5.41) is 0. The van der Waals surface area contributed by atoms with E-state index in [9.17, 15) is 17.6 Å². The molecular weight excluding hydrogens is 285 g/mol. The predicted octanol–water partition coefficient (Wildman–Crippen LogP) is 0.684. The van der Waals surface area contributed by atoms with Crippen molar-refractivity contribution in [1.82, 2.24) is 4.31 Å². The number of sulfonamides is 1. The van der Waals surface area contributed by atoms with Crippen molar-refractivity contribution in [3.05, 3.63) is 24.0 Å². The number of hydrogen-bond acceptors (Lipinski definition) is 4. The summed E-state index contributed by atoms with van der Waals surface area (Å²) < 4.78 is 38.8. The van der Waals surface area contributed by atoms with E-state index < -0.39 is 28.3 Å². The van der Waals surface area contributed by atoms with Crippen molar-refractivity contribution in [2.24, 2.45) is 5.73 Å². The van der Waals surface area contributed by atoms with Crippen LogP contribution in [0.15, 0.2) is 23.1 Å². The van der Waals surface area contributed by atoms with Gasteiger partial charge in [0.1, 0.15) is 10.7 Å². The van der Waals surface area contributed by atoms with Crippen LogP contribution in [0.3, 0.4) is 0 Å². The summed E-state index contributed by atoms with van der Waals surface area (Å²) in [5.41, 5.74) is 10.4. The van der Waals surface area contributed by atoms with E-state index in [-0.39, 0.29) is 17.1 Å². The molecule has 0 unspecified atom stereocenters. The van der Waals surface area contributed by atoms with Crippen LogP contribution in [-0.2, 0) is 14.8 Å². The number of benzene rings is 1. The second-order valence-corrected chi connectivity index (χ2v) is 6.25. The van der Waals surface area contributed by atoms with E-state index in [2.05, 4.69) is 0 Å². The summed E-state index contributed by atoms with van der Waals surface area (Å²) in [6.07, 6.45) is 1.33. The lowest BCUT2D eigenvalue weighted by Crippen LogP contribution is -2.39. The minimum Gasteiger partial charge on any atom is -0.398 e. The van der Waals surface area contributed by atoms with Crippen LogP contribution < -0.4 is 11.5 Å². The number of rotatable bonds is 7. The quantitative estimate of drug-likeness (QED) is 0.722. The van der Waals surface area contributed by atoms with E-state index in [1.54, 1.807) is 0 Å². The zero-order chi connectivity index (χ0) is 15.3. The maximum absolute atomic E-state index is 13.0. The summed E-state index contributed by atoms with van der Waals surface area (Å²) in [6, 6.07) is 3.01. The van der Waals surface area contributed by atoms with Gasteiger partial charge in [0.2, 0.25) is 15.9 Å². The van der Waals surface area contributed by atoms with Gasteiger partial charge in [-0.25, -0.2) is 12.8 Å². The molecule has 1 rings (SSSR count). The van der Waals surface area contributed by atoms with Gasteiger partial charge >= 0.3 is 0 Å². The van der Waals surface area contributed by atoms with E-state index in [1.807, 2.05) is 6.92 Å². The number of hydrogen-bond donors (Lipinski definition) is 2. The molecule has 0 saturated carbocycles. The number of unbranched alkanes of at least 4 members (excludes halogenated alkanes) is 1. The Morgan fingerprint density at radius 3 is 2.55 bits per heavy atom. The van der Waals surface area contributed by atoms with Crippen molar-refractivity contribution >= 4 is 21.6 Å². The lowest BCUT2D eigenvalue weighted by molar-refractivity contribution is -0.118. The van der Waals surface area contributed by atoms with Gasteiger partial charge in [-0.2, -0.15) is 4.31 Å². The molecule has 0 radical (unpaired) electrons. The minimum absolute atomic E-state index is 0.151. The summed E-state index contributed by atoms with van der Waals surface area (Å²) in [4.78, 5) is 10.8. The normalized spacial score (nSPS) is 11.8. The van der Waals surface area contributed by atoms with Gasteiger partial charge in [0.15, 0.2) is 0 Å². The van der Waals surface area contributed by atoms with Gasteiger partial charge in [0.25, 0.3) is 0 Å². The first-order chi connectivity index (χ1) is 9.28. The fourth-order valence-electron chi connectivity index (χ4n) is 1.69. The second kappa shape index (κ2) is 6.67. The molecule has 0 aliphatic heterocycles. The van der Waals surface area contributed by atoms with E-state index >= 15 is 0 Å². The largest absolute Gasteiger partial charge is 0.398 e. The maximum atomic E-state index is 13.0. The van der Waals surface area contributed by atoms with Crippen LogP contribution >= 0.6 is 0 Å². The Labute approximate surface area is 117 Å². The summed E-state index contributed by atoms with van der Waals surface area (Å²) >= 11 is 0. The molecule has 112 valence electrons. The standard InChI is InChI=1S/C12H18FN3O3S/c1-2-3-6-16(8-12(15)17)20(18,19)11-5-4-9(13)7-10(11)14/h4-5,7H,2-3,6,8,14H2,1H3,(H2,15,17). The van der Waals surface area contributed by atoms with Crippen LogP contribution in [0.25, 0.3) is 0 Å². The van der Waals surface area contributed by atoms with E-state index in [4.69, 9.17) is 11.5 Å². The highest BCUT2D eigenvalue weighted by molar-refractivity contribution is 7.89. The van der Waals surface area contributed by atoms with Gasteiger partial charge in [0, 0.05) is 6.54 Å². The highest BCUT2D eigenvalue weighted by atomic mass is 32.2. The molecule has 8 heteroatoms. The highest BCUT2D eigenvalue weighted by Gasteiger charge is 2.27. The van der Waals surface area contributed by atoms with Crippen molar-refractivity contribution in [3.8, 4) is 0 Å². The van der Waals surface area contributed by atoms with E-state index in [0.29, 0.717) is 6.42 Å². The van der Waals surface area contributed by atoms with Gasteiger partial charge in [-0.05, 0) is 24.6 Å². The molecule has 0 fully saturated rings. The van der Waals surface area contributed by atoms with E-state index in [1.165, 1.54) is 0 Å². The molecule has 0 heterocycles. The molecule has 1 aromatic carbocycles. The van der Waals surface area contributed by atoms with E-state index in [0.717, 1.165) is 28.9 Å². The molecule has 4 N–H and O–H groups in total. The first-order valence-corrected chi connectivity index (χ1v) is 7.56. The molecule has 0 aliphatic rings. The zero-order valence-electron chi connectivity index (χ0n) is 11.2. The Morgan fingerprint density at radius 2 is 2.05 bits per heavy atom. The van der Waals surface area contributed by atoms with Crippen LogP contribution in [0.1, 0.15) is 19.8 Å². The van der Waals surface area contributed by atoms with Gasteiger partial charge in [0.05, 0.1) is 12.2 Å². The van der Waals surface area contributed by atoms with Crippen molar-refractivity contribution in [2.75, 3.05) is 18.8 Å². The van der Waals surface area contributed by atoms with Crippen LogP contribution in [0.2, 0.25) is 0 Å². The number of primary amides is 1. The average Bonchev–Trinajstić information content (AvgIpc) is 2.33. The molecule has 1 amide bonds. The predicted molar refractivity (Wildman–Crippen MR) is 73.7 cm³/mol. The first-order valence-electron chi connectivity index (χ1n) is 6.12. The topological polar surface area (TPSA) is 106 Å². The Morgan fingerprint density at radius 1 is 1.40 bits per heavy atom. The smallest absolute Gasteiger partial charge is 0.245 e. The number of carbonyl (C=O) groups excluding carboxylic acids is 1. The first kappa shape index (κ1) is 16.4. The fourth-order valence-corrected chi connectivity index (χ4v) is 3.23. The Bertz CT molecular complexity index is 590. The maximum Gasteiger partial charge on any atom is 0.245 e. The monoisotopic (exact) mass is 303 g/mol. The third kappa shape index (κ3) is 3.91. The molecule has 6 nitrogen and oxygen atoms in total. The molecule has 0 bridgehead atoms. The summed E-state index contributed by atoms with van der Waals surface area (Å²) in [6.45, 7) is 1.61. The lowest BCUT2D eigenvalue weighted by Gasteiger charge is -2.21. The summed E-state index contributed by atoms with van der Waals surface area (Å²) in [7, 11) is -3.97. The second-order valence-electron chi connectivity index (χ2n) is 4.34. The van der Waals surface area contributed by atoms with Crippen LogP contribution in [0.4, 0.5) is 10.1 Å². The van der Waals surface area contributed by atoms with Crippen molar-refractivity contribution in [2.45, 2.75) is 24.7 Å². The molecule has 0 saturated heterocycles. The highest BCUT2D eigenvalue weighted by Crippen LogP contribution is 2.23. The molecule has 20 heavy (non-hydrogen) atoms. The zero-order valence-corrected chi connectivity index (χ0v) is 12.0. The minimum atomic E-state index is -3.97. The van der Waals surface area contributed by atoms with Crippen molar-refractivity contribution in [1.29, 1.82) is 0 Å². The number of nitrogens with two attached hydrogens (primary N) is 2. The van der Waals surface area contributed by atoms with Gasteiger partial charge in [-0.3, -0.25) is 4.79 Å². The fraction of sp³-hybridized carbons (Fsp3) is 0.417. The van der Waals surface area contributed by atoms with Crippen molar-refractivity contribution < 1.29 is 17.6 Å². The number of halogens is 1. The third-order valence-electron chi connectivity index (χ3n) is 2.68. The Kier molecular flexibility index (Phi) is 5.46. The van der Waals surface area contributed by atoms with Crippen molar-refractivity contribution in [3.63, 3.8) is 0 Å². The molecule has 1 aromatic rings. The van der Waals surface area contributed by atoms with Crippen LogP contribution in [-0.4, -0.2) is 31.7 Å². The Hall–Kier alpha value is -1.67. The number of nitrogens with zero attached hydrogens (tertiary/aromatic N) is 1. The Balaban J connectivity index is 3.17. The molecule has 0 aliphatic carbocycles. The SMILES string of the molecule is CCCCN(CC(N)=O)S(=O)(=O)c1ccc(F)cc1N. The molecule has 0 spiro atoms. The lowest BCUT2D eigenvalue weighted by atomic mass is 10.3. The molecular formula is C12H18FN3O3S. The van der Waals surface area contributed by atoms with Gasteiger partial charge < -0.3 is 11.5 Å². The molecule has 0 aromatic heterocycles. The van der Waals surface area contributed by atoms with Gasteiger partial charge in [-0.15, -0.1) is 0 Å². The number of nitrogen functional groups attached to an aromatic ring is 1. The summed E-state index contributed by atoms with van der Waals surface area (Å²) in [5.74, 6) is -1.39. The molecule has 0 atom stereocenters. The number of carbonyl (C=O) groups is 1. The van der Waals surface area contributed by atoms with Gasteiger partial charge in [-0.1, -0.05) is 13.3 Å². The number of anilines is 1. The third-order valence-corrected chi connectivity index (χ3v) is 4.60. The van der Waals surface area contributed by atoms with Crippen LogP contribution in [0.5, 0.6) is 0 Å².